The zero-order valence-electron chi connectivity index (χ0n) is 8.90. The highest BCUT2D eigenvalue weighted by atomic mass is 32.2. The monoisotopic (exact) mass is 240 g/mol. The summed E-state index contributed by atoms with van der Waals surface area (Å²) in [6, 6.07) is 4.87. The maximum atomic E-state index is 4.58. The van der Waals surface area contributed by atoms with Gasteiger partial charge in [-0.3, -0.25) is 4.99 Å². The lowest BCUT2D eigenvalue weighted by Gasteiger charge is -2.21. The molecule has 1 aliphatic heterocycles. The number of rotatable bonds is 3. The van der Waals surface area contributed by atoms with Crippen LogP contribution in [0.1, 0.15) is 18.2 Å². The first-order valence-corrected chi connectivity index (χ1v) is 7.17. The molecule has 1 saturated heterocycles. The Hall–Kier alpha value is -0.480. The van der Waals surface area contributed by atoms with Crippen molar-refractivity contribution in [1.82, 2.24) is 5.32 Å². The highest BCUT2D eigenvalue weighted by molar-refractivity contribution is 8.13. The van der Waals surface area contributed by atoms with Crippen molar-refractivity contribution < 1.29 is 0 Å². The smallest absolute Gasteiger partial charge is 0.156 e. The van der Waals surface area contributed by atoms with E-state index >= 15 is 0 Å². The molecule has 82 valence electrons. The molecule has 1 N–H and O–H groups in total. The topological polar surface area (TPSA) is 24.4 Å². The summed E-state index contributed by atoms with van der Waals surface area (Å²) in [7, 11) is 0. The SMILES string of the molecule is CC1CCSC(=NCCc2cccs2)N1. The first-order valence-electron chi connectivity index (χ1n) is 5.31. The van der Waals surface area contributed by atoms with E-state index in [2.05, 4.69) is 34.7 Å². The fourth-order valence-electron chi connectivity index (χ4n) is 1.47. The number of hydrogen-bond acceptors (Lipinski definition) is 3. The van der Waals surface area contributed by atoms with Gasteiger partial charge in [-0.1, -0.05) is 17.8 Å². The molecule has 2 heterocycles. The number of aliphatic imine (C=N–C) groups is 1. The summed E-state index contributed by atoms with van der Waals surface area (Å²) in [5.74, 6) is 1.20. The summed E-state index contributed by atoms with van der Waals surface area (Å²) in [6.07, 6.45) is 2.31. The van der Waals surface area contributed by atoms with E-state index in [-0.39, 0.29) is 0 Å². The van der Waals surface area contributed by atoms with Crippen LogP contribution in [0.25, 0.3) is 0 Å². The van der Waals surface area contributed by atoms with Gasteiger partial charge in [0.1, 0.15) is 0 Å². The molecule has 1 atom stereocenters. The third-order valence-corrected chi connectivity index (χ3v) is 4.25. The van der Waals surface area contributed by atoms with Gasteiger partial charge in [0, 0.05) is 29.6 Å². The first-order chi connectivity index (χ1) is 7.34. The van der Waals surface area contributed by atoms with Gasteiger partial charge in [0.15, 0.2) is 5.17 Å². The first kappa shape index (κ1) is 11.0. The predicted octanol–water partition coefficient (Wildman–Crippen LogP) is 2.76. The van der Waals surface area contributed by atoms with Crippen molar-refractivity contribution in [3.8, 4) is 0 Å². The fourth-order valence-corrected chi connectivity index (χ4v) is 3.30. The van der Waals surface area contributed by atoms with E-state index in [4.69, 9.17) is 0 Å². The maximum Gasteiger partial charge on any atom is 0.156 e. The molecule has 0 radical (unpaired) electrons. The highest BCUT2D eigenvalue weighted by Gasteiger charge is 2.12. The van der Waals surface area contributed by atoms with Crippen molar-refractivity contribution in [2.75, 3.05) is 12.3 Å². The lowest BCUT2D eigenvalue weighted by atomic mass is 10.3. The van der Waals surface area contributed by atoms with Crippen LogP contribution in [0.15, 0.2) is 22.5 Å². The second-order valence-corrected chi connectivity index (χ2v) is 5.81. The van der Waals surface area contributed by atoms with Crippen LogP contribution in [0.2, 0.25) is 0 Å². The van der Waals surface area contributed by atoms with E-state index in [9.17, 15) is 0 Å². The van der Waals surface area contributed by atoms with Crippen molar-refractivity contribution in [3.63, 3.8) is 0 Å². The molecule has 0 bridgehead atoms. The third kappa shape index (κ3) is 3.54. The minimum atomic E-state index is 0.590. The molecule has 15 heavy (non-hydrogen) atoms. The highest BCUT2D eigenvalue weighted by Crippen LogP contribution is 2.14. The van der Waals surface area contributed by atoms with Crippen LogP contribution in [0.4, 0.5) is 0 Å². The number of nitrogens with one attached hydrogen (secondary N) is 1. The molecule has 0 spiro atoms. The molecule has 2 nitrogen and oxygen atoms in total. The summed E-state index contributed by atoms with van der Waals surface area (Å²) in [5, 5.41) is 6.67. The normalized spacial score (nSPS) is 24.1. The summed E-state index contributed by atoms with van der Waals surface area (Å²) < 4.78 is 0. The quantitative estimate of drug-likeness (QED) is 0.878. The Bertz CT molecular complexity index is 319. The van der Waals surface area contributed by atoms with Crippen LogP contribution in [-0.4, -0.2) is 23.5 Å². The molecular formula is C11H16N2S2. The average Bonchev–Trinajstić information content (AvgIpc) is 2.71. The Balaban J connectivity index is 1.78. The van der Waals surface area contributed by atoms with Crippen molar-refractivity contribution in [1.29, 1.82) is 0 Å². The van der Waals surface area contributed by atoms with Crippen LogP contribution < -0.4 is 5.32 Å². The molecule has 0 aromatic carbocycles. The summed E-state index contributed by atoms with van der Waals surface area (Å²) in [4.78, 5) is 6.01. The largest absolute Gasteiger partial charge is 0.362 e. The van der Waals surface area contributed by atoms with Crippen LogP contribution >= 0.6 is 23.1 Å². The van der Waals surface area contributed by atoms with Crippen LogP contribution in [0, 0.1) is 0 Å². The molecule has 1 fully saturated rings. The van der Waals surface area contributed by atoms with Gasteiger partial charge in [-0.15, -0.1) is 11.3 Å². The van der Waals surface area contributed by atoms with Gasteiger partial charge in [0.2, 0.25) is 0 Å². The molecule has 0 saturated carbocycles. The van der Waals surface area contributed by atoms with Gasteiger partial charge >= 0.3 is 0 Å². The van der Waals surface area contributed by atoms with E-state index in [1.807, 2.05) is 23.1 Å². The molecule has 0 amide bonds. The van der Waals surface area contributed by atoms with Crippen molar-refractivity contribution >= 4 is 28.3 Å². The Morgan fingerprint density at radius 2 is 2.53 bits per heavy atom. The van der Waals surface area contributed by atoms with Gasteiger partial charge in [-0.2, -0.15) is 0 Å². The summed E-state index contributed by atoms with van der Waals surface area (Å²) in [6.45, 7) is 3.12. The second-order valence-electron chi connectivity index (χ2n) is 3.70. The predicted molar refractivity (Wildman–Crippen MR) is 70.0 cm³/mol. The standard InChI is InChI=1S/C11H16N2S2/c1-9-5-8-15-11(13-9)12-6-4-10-3-2-7-14-10/h2-3,7,9H,4-6,8H2,1H3,(H,12,13). The number of amidine groups is 1. The fraction of sp³-hybridized carbons (Fsp3) is 0.545. The van der Waals surface area contributed by atoms with E-state index in [0.717, 1.165) is 18.1 Å². The Kier molecular flexibility index (Phi) is 4.09. The zero-order chi connectivity index (χ0) is 10.5. The van der Waals surface area contributed by atoms with Gasteiger partial charge in [0.05, 0.1) is 0 Å². The molecule has 1 aromatic heterocycles. The molecule has 4 heteroatoms. The second kappa shape index (κ2) is 5.56. The van der Waals surface area contributed by atoms with Crippen LogP contribution in [0.5, 0.6) is 0 Å². The minimum Gasteiger partial charge on any atom is -0.362 e. The van der Waals surface area contributed by atoms with Crippen molar-refractivity contribution in [2.45, 2.75) is 25.8 Å². The third-order valence-electron chi connectivity index (χ3n) is 2.35. The number of thioether (sulfide) groups is 1. The molecule has 2 rings (SSSR count). The Labute approximate surface area is 99.2 Å². The summed E-state index contributed by atoms with van der Waals surface area (Å²) in [5.41, 5.74) is 0. The number of hydrogen-bond donors (Lipinski definition) is 1. The molecule has 0 aliphatic carbocycles. The number of thiophene rings is 1. The van der Waals surface area contributed by atoms with Gasteiger partial charge in [-0.05, 0) is 24.8 Å². The van der Waals surface area contributed by atoms with E-state index in [1.54, 1.807) is 0 Å². The lowest BCUT2D eigenvalue weighted by molar-refractivity contribution is 0.642. The van der Waals surface area contributed by atoms with Crippen molar-refractivity contribution in [3.05, 3.63) is 22.4 Å². The lowest BCUT2D eigenvalue weighted by Crippen LogP contribution is -2.35. The van der Waals surface area contributed by atoms with E-state index in [1.165, 1.54) is 17.1 Å². The molecule has 1 aliphatic rings. The maximum absolute atomic E-state index is 4.58. The van der Waals surface area contributed by atoms with E-state index < -0.39 is 0 Å². The average molecular weight is 240 g/mol. The van der Waals surface area contributed by atoms with Gasteiger partial charge in [-0.25, -0.2) is 0 Å². The zero-order valence-corrected chi connectivity index (χ0v) is 10.5. The Morgan fingerprint density at radius 1 is 1.60 bits per heavy atom. The van der Waals surface area contributed by atoms with Gasteiger partial charge < -0.3 is 5.32 Å². The summed E-state index contributed by atoms with van der Waals surface area (Å²) >= 11 is 3.66. The van der Waals surface area contributed by atoms with Crippen LogP contribution in [0.3, 0.4) is 0 Å². The Morgan fingerprint density at radius 3 is 3.27 bits per heavy atom. The number of nitrogens with zero attached hydrogens (tertiary/aromatic N) is 1. The molecular weight excluding hydrogens is 224 g/mol. The van der Waals surface area contributed by atoms with Crippen molar-refractivity contribution in [2.24, 2.45) is 4.99 Å². The van der Waals surface area contributed by atoms with Gasteiger partial charge in [0.25, 0.3) is 0 Å². The molecule has 1 unspecified atom stereocenters. The van der Waals surface area contributed by atoms with Crippen LogP contribution in [-0.2, 0) is 6.42 Å². The van der Waals surface area contributed by atoms with E-state index in [0.29, 0.717) is 6.04 Å². The molecule has 1 aromatic rings. The minimum absolute atomic E-state index is 0.590.